The Kier molecular flexibility index (Phi) is 4.37. The second-order valence-electron chi connectivity index (χ2n) is 4.94. The lowest BCUT2D eigenvalue weighted by Gasteiger charge is -2.34. The van der Waals surface area contributed by atoms with Crippen molar-refractivity contribution >= 4 is 5.69 Å². The van der Waals surface area contributed by atoms with Gasteiger partial charge in [0.05, 0.1) is 0 Å². The molecule has 94 valence electrons. The van der Waals surface area contributed by atoms with E-state index in [2.05, 4.69) is 28.3 Å². The molecule has 0 saturated heterocycles. The summed E-state index contributed by atoms with van der Waals surface area (Å²) >= 11 is 0. The minimum absolute atomic E-state index is 0.710. The number of rotatable bonds is 4. The Morgan fingerprint density at radius 1 is 1.35 bits per heavy atom. The first-order valence-corrected chi connectivity index (χ1v) is 6.63. The molecule has 0 aromatic carbocycles. The monoisotopic (exact) mass is 233 g/mol. The minimum Gasteiger partial charge on any atom is -0.371 e. The quantitative estimate of drug-likeness (QED) is 0.866. The van der Waals surface area contributed by atoms with Crippen LogP contribution in [0.3, 0.4) is 0 Å². The number of hydrogen-bond acceptors (Lipinski definition) is 3. The first kappa shape index (κ1) is 12.4. The highest BCUT2D eigenvalue weighted by atomic mass is 15.1. The summed E-state index contributed by atoms with van der Waals surface area (Å²) in [7, 11) is 4.21. The fraction of sp³-hybridized carbons (Fsp3) is 0.643. The highest BCUT2D eigenvalue weighted by Crippen LogP contribution is 2.27. The molecule has 3 heteroatoms. The molecule has 1 aliphatic carbocycles. The molecule has 0 spiro atoms. The van der Waals surface area contributed by atoms with Crippen LogP contribution in [0.2, 0.25) is 0 Å². The fourth-order valence-electron chi connectivity index (χ4n) is 2.76. The van der Waals surface area contributed by atoms with E-state index in [1.165, 1.54) is 43.4 Å². The van der Waals surface area contributed by atoms with Crippen molar-refractivity contribution in [2.75, 3.05) is 19.0 Å². The first-order valence-electron chi connectivity index (χ1n) is 6.63. The van der Waals surface area contributed by atoms with Gasteiger partial charge in [0, 0.05) is 43.3 Å². The second-order valence-corrected chi connectivity index (χ2v) is 4.94. The lowest BCUT2D eigenvalue weighted by atomic mass is 9.94. The van der Waals surface area contributed by atoms with E-state index in [-0.39, 0.29) is 0 Å². The molecule has 1 saturated carbocycles. The first-order chi connectivity index (χ1) is 8.33. The van der Waals surface area contributed by atoms with Gasteiger partial charge in [-0.05, 0) is 26.0 Å². The number of anilines is 1. The molecule has 0 atom stereocenters. The lowest BCUT2D eigenvalue weighted by molar-refractivity contribution is 0.427. The molecule has 0 aliphatic heterocycles. The Morgan fingerprint density at radius 3 is 2.82 bits per heavy atom. The van der Waals surface area contributed by atoms with Gasteiger partial charge in [-0.15, -0.1) is 0 Å². The number of nitrogens with one attached hydrogen (secondary N) is 1. The maximum absolute atomic E-state index is 4.22. The number of pyridine rings is 1. The van der Waals surface area contributed by atoms with Crippen molar-refractivity contribution in [1.29, 1.82) is 0 Å². The van der Waals surface area contributed by atoms with Crippen molar-refractivity contribution in [3.8, 4) is 0 Å². The van der Waals surface area contributed by atoms with Crippen molar-refractivity contribution < 1.29 is 0 Å². The van der Waals surface area contributed by atoms with Crippen LogP contribution < -0.4 is 10.2 Å². The number of aromatic nitrogens is 1. The van der Waals surface area contributed by atoms with E-state index in [9.17, 15) is 0 Å². The van der Waals surface area contributed by atoms with Crippen LogP contribution in [-0.4, -0.2) is 25.1 Å². The van der Waals surface area contributed by atoms with Crippen molar-refractivity contribution in [3.05, 3.63) is 24.0 Å². The van der Waals surface area contributed by atoms with Crippen LogP contribution in [-0.2, 0) is 6.54 Å². The van der Waals surface area contributed by atoms with Crippen LogP contribution >= 0.6 is 0 Å². The van der Waals surface area contributed by atoms with E-state index < -0.39 is 0 Å². The van der Waals surface area contributed by atoms with Crippen LogP contribution in [0, 0.1) is 0 Å². The van der Waals surface area contributed by atoms with Gasteiger partial charge in [0.15, 0.2) is 0 Å². The summed E-state index contributed by atoms with van der Waals surface area (Å²) in [6.07, 6.45) is 10.7. The normalized spacial score (nSPS) is 17.1. The van der Waals surface area contributed by atoms with Gasteiger partial charge >= 0.3 is 0 Å². The highest BCUT2D eigenvalue weighted by molar-refractivity contribution is 5.52. The second kappa shape index (κ2) is 6.01. The Hall–Kier alpha value is -1.09. The molecular formula is C14H23N3. The predicted molar refractivity (Wildman–Crippen MR) is 72.3 cm³/mol. The molecule has 0 unspecified atom stereocenters. The Morgan fingerprint density at radius 2 is 2.12 bits per heavy atom. The fourth-order valence-corrected chi connectivity index (χ4v) is 2.76. The molecule has 1 N–H and O–H groups in total. The van der Waals surface area contributed by atoms with Crippen molar-refractivity contribution in [1.82, 2.24) is 10.3 Å². The molecule has 0 amide bonds. The molecule has 2 rings (SSSR count). The van der Waals surface area contributed by atoms with E-state index in [0.717, 1.165) is 6.54 Å². The summed E-state index contributed by atoms with van der Waals surface area (Å²) in [6, 6.07) is 2.85. The highest BCUT2D eigenvalue weighted by Gasteiger charge is 2.19. The average molecular weight is 233 g/mol. The molecule has 0 radical (unpaired) electrons. The van der Waals surface area contributed by atoms with E-state index in [4.69, 9.17) is 0 Å². The van der Waals surface area contributed by atoms with Crippen LogP contribution in [0.1, 0.15) is 37.7 Å². The van der Waals surface area contributed by atoms with Gasteiger partial charge in [-0.2, -0.15) is 0 Å². The summed E-state index contributed by atoms with van der Waals surface area (Å²) in [5.74, 6) is 0. The van der Waals surface area contributed by atoms with Gasteiger partial charge in [0.25, 0.3) is 0 Å². The Labute approximate surface area is 104 Å². The Balaban J connectivity index is 2.14. The van der Waals surface area contributed by atoms with E-state index in [1.54, 1.807) is 0 Å². The molecule has 1 fully saturated rings. The Bertz CT molecular complexity index is 345. The predicted octanol–water partition coefficient (Wildman–Crippen LogP) is 2.57. The number of hydrogen-bond donors (Lipinski definition) is 1. The molecule has 1 aromatic rings. The van der Waals surface area contributed by atoms with Crippen LogP contribution in [0.5, 0.6) is 0 Å². The number of nitrogens with zero attached hydrogens (tertiary/aromatic N) is 2. The topological polar surface area (TPSA) is 28.2 Å². The van der Waals surface area contributed by atoms with Crippen molar-refractivity contribution in [2.24, 2.45) is 0 Å². The zero-order valence-corrected chi connectivity index (χ0v) is 10.9. The largest absolute Gasteiger partial charge is 0.371 e. The zero-order chi connectivity index (χ0) is 12.1. The molecule has 3 nitrogen and oxygen atoms in total. The lowest BCUT2D eigenvalue weighted by Crippen LogP contribution is -2.34. The third-order valence-corrected chi connectivity index (χ3v) is 3.75. The van der Waals surface area contributed by atoms with Crippen LogP contribution in [0.25, 0.3) is 0 Å². The molecule has 1 aromatic heterocycles. The van der Waals surface area contributed by atoms with Crippen LogP contribution in [0.4, 0.5) is 5.69 Å². The molecular weight excluding hydrogens is 210 g/mol. The van der Waals surface area contributed by atoms with Gasteiger partial charge in [-0.3, -0.25) is 4.98 Å². The van der Waals surface area contributed by atoms with Gasteiger partial charge in [0.2, 0.25) is 0 Å². The third-order valence-electron chi connectivity index (χ3n) is 3.75. The SMILES string of the molecule is CNCc1cnccc1N(C)C1CCCCC1. The summed E-state index contributed by atoms with van der Waals surface area (Å²) in [5, 5.41) is 3.22. The zero-order valence-electron chi connectivity index (χ0n) is 10.9. The minimum atomic E-state index is 0.710. The van der Waals surface area contributed by atoms with Crippen molar-refractivity contribution in [2.45, 2.75) is 44.7 Å². The average Bonchev–Trinajstić information content (AvgIpc) is 2.40. The molecule has 17 heavy (non-hydrogen) atoms. The maximum Gasteiger partial charge on any atom is 0.0442 e. The summed E-state index contributed by atoms with van der Waals surface area (Å²) in [6.45, 7) is 0.889. The standard InChI is InChI=1S/C14H23N3/c1-15-10-12-11-16-9-8-14(12)17(2)13-6-4-3-5-7-13/h8-9,11,13,15H,3-7,10H2,1-2H3. The smallest absolute Gasteiger partial charge is 0.0442 e. The molecule has 1 aliphatic rings. The summed E-state index contributed by atoms with van der Waals surface area (Å²) < 4.78 is 0. The van der Waals surface area contributed by atoms with E-state index in [1.807, 2.05) is 19.4 Å². The van der Waals surface area contributed by atoms with Gasteiger partial charge in [0.1, 0.15) is 0 Å². The molecule has 0 bridgehead atoms. The van der Waals surface area contributed by atoms with Gasteiger partial charge in [-0.1, -0.05) is 19.3 Å². The van der Waals surface area contributed by atoms with E-state index in [0.29, 0.717) is 6.04 Å². The van der Waals surface area contributed by atoms with Gasteiger partial charge in [-0.25, -0.2) is 0 Å². The van der Waals surface area contributed by atoms with E-state index >= 15 is 0 Å². The summed E-state index contributed by atoms with van der Waals surface area (Å²) in [5.41, 5.74) is 2.63. The van der Waals surface area contributed by atoms with Gasteiger partial charge < -0.3 is 10.2 Å². The van der Waals surface area contributed by atoms with Crippen LogP contribution in [0.15, 0.2) is 18.5 Å². The molecule has 1 heterocycles. The third kappa shape index (κ3) is 2.97. The maximum atomic E-state index is 4.22. The summed E-state index contributed by atoms with van der Waals surface area (Å²) in [4.78, 5) is 6.68. The van der Waals surface area contributed by atoms with Crippen molar-refractivity contribution in [3.63, 3.8) is 0 Å².